The summed E-state index contributed by atoms with van der Waals surface area (Å²) in [6.45, 7) is 5.27. The van der Waals surface area contributed by atoms with Crippen LogP contribution in [-0.4, -0.2) is 25.7 Å². The molecule has 0 radical (unpaired) electrons. The van der Waals surface area contributed by atoms with E-state index in [1.807, 2.05) is 0 Å². The van der Waals surface area contributed by atoms with E-state index in [9.17, 15) is 4.79 Å². The Labute approximate surface area is 107 Å². The fraction of sp³-hybridized carbons (Fsp3) is 0.308. The molecular weight excluding hydrogens is 234 g/mol. The van der Waals surface area contributed by atoms with Gasteiger partial charge in [0.2, 0.25) is 0 Å². The molecule has 17 heavy (non-hydrogen) atoms. The van der Waals surface area contributed by atoms with Crippen LogP contribution < -0.4 is 5.32 Å². The molecule has 0 aliphatic rings. The maximum absolute atomic E-state index is 11.6. The molecule has 0 spiro atoms. The first-order valence-electron chi connectivity index (χ1n) is 5.50. The molecule has 0 fully saturated rings. The van der Waals surface area contributed by atoms with Gasteiger partial charge in [-0.1, -0.05) is 6.08 Å². The monoisotopic (exact) mass is 251 g/mol. The number of thiol groups is 1. The van der Waals surface area contributed by atoms with Crippen molar-refractivity contribution in [3.63, 3.8) is 0 Å². The van der Waals surface area contributed by atoms with Gasteiger partial charge in [-0.2, -0.15) is 0 Å². The molecule has 1 amide bonds. The summed E-state index contributed by atoms with van der Waals surface area (Å²) < 4.78 is 5.28. The molecule has 92 valence electrons. The van der Waals surface area contributed by atoms with Crippen LogP contribution in [0.15, 0.2) is 41.8 Å². The number of benzene rings is 1. The van der Waals surface area contributed by atoms with E-state index in [0.29, 0.717) is 25.3 Å². The lowest BCUT2D eigenvalue weighted by Crippen LogP contribution is -2.27. The normalized spacial score (nSPS) is 9.94. The zero-order valence-corrected chi connectivity index (χ0v) is 10.6. The largest absolute Gasteiger partial charge is 0.379 e. The van der Waals surface area contributed by atoms with Gasteiger partial charge < -0.3 is 10.1 Å². The van der Waals surface area contributed by atoms with Crippen molar-refractivity contribution >= 4 is 18.5 Å². The fourth-order valence-electron chi connectivity index (χ4n) is 1.22. The van der Waals surface area contributed by atoms with Gasteiger partial charge in [0, 0.05) is 17.0 Å². The summed E-state index contributed by atoms with van der Waals surface area (Å²) >= 11 is 4.16. The Morgan fingerprint density at radius 3 is 2.71 bits per heavy atom. The minimum atomic E-state index is -0.0920. The highest BCUT2D eigenvalue weighted by molar-refractivity contribution is 7.80. The van der Waals surface area contributed by atoms with Gasteiger partial charge in [-0.15, -0.1) is 19.2 Å². The lowest BCUT2D eigenvalue weighted by Gasteiger charge is -2.05. The van der Waals surface area contributed by atoms with Crippen LogP contribution >= 0.6 is 12.6 Å². The van der Waals surface area contributed by atoms with Crippen LogP contribution in [0.4, 0.5) is 0 Å². The smallest absolute Gasteiger partial charge is 0.251 e. The third-order valence-electron chi connectivity index (χ3n) is 2.13. The molecule has 3 nitrogen and oxygen atoms in total. The van der Waals surface area contributed by atoms with Crippen LogP contribution in [-0.2, 0) is 4.74 Å². The van der Waals surface area contributed by atoms with Gasteiger partial charge in [-0.05, 0) is 30.7 Å². The number of nitrogens with one attached hydrogen (secondary N) is 1. The molecule has 0 aliphatic carbocycles. The third-order valence-corrected chi connectivity index (χ3v) is 2.43. The highest BCUT2D eigenvalue weighted by atomic mass is 32.1. The van der Waals surface area contributed by atoms with Crippen LogP contribution in [0.1, 0.15) is 16.8 Å². The van der Waals surface area contributed by atoms with Crippen LogP contribution in [0.2, 0.25) is 0 Å². The number of carbonyl (C=O) groups is 1. The molecule has 0 atom stereocenters. The summed E-state index contributed by atoms with van der Waals surface area (Å²) in [4.78, 5) is 12.5. The molecule has 0 saturated heterocycles. The molecule has 0 unspecified atom stereocenters. The van der Waals surface area contributed by atoms with E-state index in [-0.39, 0.29) is 5.91 Å². The van der Waals surface area contributed by atoms with E-state index >= 15 is 0 Å². The maximum atomic E-state index is 11.6. The standard InChI is InChI=1S/C13H17NO2S/c1-2-3-9-16-10-8-14-13(15)11-4-6-12(17)7-5-11/h2,4-7,17H,1,3,8-10H2,(H,14,15). The Morgan fingerprint density at radius 2 is 2.06 bits per heavy atom. The number of hydrogen-bond acceptors (Lipinski definition) is 3. The van der Waals surface area contributed by atoms with E-state index in [1.165, 1.54) is 0 Å². The highest BCUT2D eigenvalue weighted by Gasteiger charge is 2.03. The molecule has 4 heteroatoms. The summed E-state index contributed by atoms with van der Waals surface area (Å²) in [7, 11) is 0. The Kier molecular flexibility index (Phi) is 6.43. The average molecular weight is 251 g/mol. The van der Waals surface area contributed by atoms with Crippen molar-refractivity contribution in [2.45, 2.75) is 11.3 Å². The van der Waals surface area contributed by atoms with Crippen molar-refractivity contribution in [3.05, 3.63) is 42.5 Å². The van der Waals surface area contributed by atoms with Gasteiger partial charge in [-0.25, -0.2) is 0 Å². The first kappa shape index (κ1) is 13.8. The average Bonchev–Trinajstić information content (AvgIpc) is 2.34. The Bertz CT molecular complexity index is 362. The third kappa shape index (κ3) is 5.56. The molecule has 1 aromatic rings. The molecule has 0 saturated carbocycles. The molecular formula is C13H17NO2S. The van der Waals surface area contributed by atoms with E-state index in [1.54, 1.807) is 30.3 Å². The van der Waals surface area contributed by atoms with Crippen molar-refractivity contribution in [3.8, 4) is 0 Å². The van der Waals surface area contributed by atoms with Gasteiger partial charge in [0.25, 0.3) is 5.91 Å². The summed E-state index contributed by atoms with van der Waals surface area (Å²) in [5.41, 5.74) is 0.633. The van der Waals surface area contributed by atoms with E-state index in [0.717, 1.165) is 11.3 Å². The van der Waals surface area contributed by atoms with Crippen molar-refractivity contribution in [1.82, 2.24) is 5.32 Å². The molecule has 0 heterocycles. The van der Waals surface area contributed by atoms with Gasteiger partial charge in [0.15, 0.2) is 0 Å². The summed E-state index contributed by atoms with van der Waals surface area (Å²) in [5, 5.41) is 2.78. The molecule has 0 aliphatic heterocycles. The second kappa shape index (κ2) is 7.92. The number of amides is 1. The zero-order valence-electron chi connectivity index (χ0n) is 9.69. The second-order valence-corrected chi connectivity index (χ2v) is 4.01. The maximum Gasteiger partial charge on any atom is 0.251 e. The van der Waals surface area contributed by atoms with E-state index < -0.39 is 0 Å². The van der Waals surface area contributed by atoms with Crippen molar-refractivity contribution in [2.24, 2.45) is 0 Å². The van der Waals surface area contributed by atoms with Crippen LogP contribution in [0.3, 0.4) is 0 Å². The predicted molar refractivity (Wildman–Crippen MR) is 71.7 cm³/mol. The van der Waals surface area contributed by atoms with Crippen molar-refractivity contribution < 1.29 is 9.53 Å². The predicted octanol–water partition coefficient (Wildman–Crippen LogP) is 2.30. The summed E-state index contributed by atoms with van der Waals surface area (Å²) in [5.74, 6) is -0.0920. The Morgan fingerprint density at radius 1 is 1.35 bits per heavy atom. The van der Waals surface area contributed by atoms with Crippen LogP contribution in [0.5, 0.6) is 0 Å². The first-order valence-corrected chi connectivity index (χ1v) is 5.94. The van der Waals surface area contributed by atoms with E-state index in [4.69, 9.17) is 4.74 Å². The molecule has 1 N–H and O–H groups in total. The Balaban J connectivity index is 2.21. The van der Waals surface area contributed by atoms with Crippen LogP contribution in [0.25, 0.3) is 0 Å². The number of hydrogen-bond donors (Lipinski definition) is 2. The lowest BCUT2D eigenvalue weighted by molar-refractivity contribution is 0.0918. The van der Waals surface area contributed by atoms with E-state index in [2.05, 4.69) is 24.5 Å². The zero-order chi connectivity index (χ0) is 12.5. The lowest BCUT2D eigenvalue weighted by atomic mass is 10.2. The summed E-state index contributed by atoms with van der Waals surface area (Å²) in [6.07, 6.45) is 2.63. The number of ether oxygens (including phenoxy) is 1. The quantitative estimate of drug-likeness (QED) is 0.443. The number of rotatable bonds is 7. The molecule has 1 aromatic carbocycles. The highest BCUT2D eigenvalue weighted by Crippen LogP contribution is 2.07. The van der Waals surface area contributed by atoms with Crippen LogP contribution in [0, 0.1) is 0 Å². The van der Waals surface area contributed by atoms with Gasteiger partial charge >= 0.3 is 0 Å². The first-order chi connectivity index (χ1) is 8.24. The summed E-state index contributed by atoms with van der Waals surface area (Å²) in [6, 6.07) is 7.07. The fourth-order valence-corrected chi connectivity index (χ4v) is 1.37. The minimum absolute atomic E-state index is 0.0920. The molecule has 1 rings (SSSR count). The van der Waals surface area contributed by atoms with Gasteiger partial charge in [0.05, 0.1) is 13.2 Å². The molecule has 0 bridgehead atoms. The SMILES string of the molecule is C=CCCOCCNC(=O)c1ccc(S)cc1. The van der Waals surface area contributed by atoms with Crippen molar-refractivity contribution in [2.75, 3.05) is 19.8 Å². The number of carbonyl (C=O) groups excluding carboxylic acids is 1. The Hall–Kier alpha value is -1.26. The molecule has 0 aromatic heterocycles. The minimum Gasteiger partial charge on any atom is -0.379 e. The van der Waals surface area contributed by atoms with Crippen molar-refractivity contribution in [1.29, 1.82) is 0 Å². The van der Waals surface area contributed by atoms with Gasteiger partial charge in [-0.3, -0.25) is 4.79 Å². The topological polar surface area (TPSA) is 38.3 Å². The second-order valence-electron chi connectivity index (χ2n) is 3.49. The van der Waals surface area contributed by atoms with Gasteiger partial charge in [0.1, 0.15) is 0 Å².